The third-order valence-corrected chi connectivity index (χ3v) is 4.56. The van der Waals surface area contributed by atoms with Crippen LogP contribution in [0.25, 0.3) is 0 Å². The van der Waals surface area contributed by atoms with Crippen LogP contribution < -0.4 is 0 Å². The van der Waals surface area contributed by atoms with Gasteiger partial charge in [0.15, 0.2) is 6.19 Å². The highest BCUT2D eigenvalue weighted by atomic mass is 32.1. The second-order valence-corrected chi connectivity index (χ2v) is 5.76. The van der Waals surface area contributed by atoms with Gasteiger partial charge in [-0.1, -0.05) is 30.3 Å². The standard InChI is InChI=1S/C16H16N2OS/c17-12-18-8-6-14-7-11-20-16(14)15(19-10-9-18)13-4-2-1-3-5-13/h1-5,7,11,15H,6,8-10H2. The van der Waals surface area contributed by atoms with Gasteiger partial charge in [0.2, 0.25) is 0 Å². The van der Waals surface area contributed by atoms with Gasteiger partial charge in [-0.05, 0) is 29.0 Å². The van der Waals surface area contributed by atoms with Crippen molar-refractivity contribution in [2.24, 2.45) is 0 Å². The molecule has 0 radical (unpaired) electrons. The SMILES string of the molecule is N#CN1CCOC(c2ccccc2)c2sccc2CC1. The maximum Gasteiger partial charge on any atom is 0.179 e. The third kappa shape index (κ3) is 2.69. The van der Waals surface area contributed by atoms with Gasteiger partial charge in [0.1, 0.15) is 6.10 Å². The molecule has 2 heterocycles. The molecule has 1 aromatic carbocycles. The average Bonchev–Trinajstić information content (AvgIpc) is 2.97. The van der Waals surface area contributed by atoms with E-state index in [4.69, 9.17) is 10.00 Å². The summed E-state index contributed by atoms with van der Waals surface area (Å²) in [6.45, 7) is 2.00. The van der Waals surface area contributed by atoms with Crippen LogP contribution in [0.5, 0.6) is 0 Å². The Morgan fingerprint density at radius 2 is 2.05 bits per heavy atom. The van der Waals surface area contributed by atoms with Gasteiger partial charge >= 0.3 is 0 Å². The second-order valence-electron chi connectivity index (χ2n) is 4.81. The first-order valence-corrected chi connectivity index (χ1v) is 7.64. The van der Waals surface area contributed by atoms with Gasteiger partial charge in [0, 0.05) is 11.4 Å². The molecule has 1 aliphatic heterocycles. The first kappa shape index (κ1) is 13.2. The second kappa shape index (κ2) is 6.08. The van der Waals surface area contributed by atoms with Crippen molar-refractivity contribution >= 4 is 11.3 Å². The van der Waals surface area contributed by atoms with Gasteiger partial charge in [0.05, 0.1) is 13.2 Å². The molecular formula is C16H16N2OS. The fourth-order valence-electron chi connectivity index (χ4n) is 2.48. The van der Waals surface area contributed by atoms with Gasteiger partial charge < -0.3 is 9.64 Å². The first-order valence-electron chi connectivity index (χ1n) is 6.76. The molecule has 3 rings (SSSR count). The number of fused-ring (bicyclic) bond motifs is 1. The Balaban J connectivity index is 1.94. The van der Waals surface area contributed by atoms with Crippen LogP contribution in [0.4, 0.5) is 0 Å². The van der Waals surface area contributed by atoms with Crippen molar-refractivity contribution in [1.82, 2.24) is 4.90 Å². The summed E-state index contributed by atoms with van der Waals surface area (Å²) in [5, 5.41) is 11.2. The van der Waals surface area contributed by atoms with Gasteiger partial charge in [-0.3, -0.25) is 0 Å². The van der Waals surface area contributed by atoms with Crippen LogP contribution in [0.3, 0.4) is 0 Å². The van der Waals surface area contributed by atoms with Gasteiger partial charge in [-0.15, -0.1) is 11.3 Å². The normalized spacial score (nSPS) is 19.4. The summed E-state index contributed by atoms with van der Waals surface area (Å²) in [6, 6.07) is 12.5. The Bertz CT molecular complexity index is 602. The number of hydrogen-bond donors (Lipinski definition) is 0. The highest BCUT2D eigenvalue weighted by Gasteiger charge is 2.21. The minimum Gasteiger partial charge on any atom is -0.366 e. The molecule has 1 unspecified atom stereocenters. The summed E-state index contributed by atoms with van der Waals surface area (Å²) in [6.07, 6.45) is 3.13. The summed E-state index contributed by atoms with van der Waals surface area (Å²) in [5.74, 6) is 0. The number of benzene rings is 1. The van der Waals surface area contributed by atoms with Gasteiger partial charge in [-0.25, -0.2) is 0 Å². The van der Waals surface area contributed by atoms with Crippen LogP contribution in [0, 0.1) is 11.5 Å². The van der Waals surface area contributed by atoms with Crippen molar-refractivity contribution in [1.29, 1.82) is 5.26 Å². The van der Waals surface area contributed by atoms with Crippen molar-refractivity contribution in [3.8, 4) is 6.19 Å². The lowest BCUT2D eigenvalue weighted by molar-refractivity contribution is 0.0738. The minimum absolute atomic E-state index is 0.00940. The quantitative estimate of drug-likeness (QED) is 0.755. The average molecular weight is 284 g/mol. The van der Waals surface area contributed by atoms with Crippen molar-refractivity contribution in [3.05, 3.63) is 57.8 Å². The zero-order valence-electron chi connectivity index (χ0n) is 11.2. The van der Waals surface area contributed by atoms with E-state index < -0.39 is 0 Å². The highest BCUT2D eigenvalue weighted by Crippen LogP contribution is 2.33. The minimum atomic E-state index is -0.00940. The summed E-state index contributed by atoms with van der Waals surface area (Å²) < 4.78 is 6.08. The van der Waals surface area contributed by atoms with Gasteiger partial charge in [0.25, 0.3) is 0 Å². The molecule has 1 atom stereocenters. The van der Waals surface area contributed by atoms with Crippen LogP contribution in [-0.2, 0) is 11.2 Å². The van der Waals surface area contributed by atoms with Crippen LogP contribution in [0.15, 0.2) is 41.8 Å². The summed E-state index contributed by atoms with van der Waals surface area (Å²) in [5.41, 5.74) is 2.48. The Morgan fingerprint density at radius 3 is 2.85 bits per heavy atom. The number of hydrogen-bond acceptors (Lipinski definition) is 4. The molecule has 0 N–H and O–H groups in total. The monoisotopic (exact) mass is 284 g/mol. The molecule has 1 aliphatic rings. The van der Waals surface area contributed by atoms with Crippen molar-refractivity contribution in [2.75, 3.05) is 19.7 Å². The molecule has 20 heavy (non-hydrogen) atoms. The molecule has 0 amide bonds. The van der Waals surface area contributed by atoms with E-state index in [9.17, 15) is 0 Å². The zero-order chi connectivity index (χ0) is 13.8. The van der Waals surface area contributed by atoms with Crippen LogP contribution in [-0.4, -0.2) is 24.6 Å². The molecule has 0 fully saturated rings. The Kier molecular flexibility index (Phi) is 4.00. The van der Waals surface area contributed by atoms with E-state index in [1.807, 2.05) is 18.2 Å². The van der Waals surface area contributed by atoms with Crippen LogP contribution in [0.2, 0.25) is 0 Å². The number of thiophene rings is 1. The van der Waals surface area contributed by atoms with E-state index in [2.05, 4.69) is 29.8 Å². The van der Waals surface area contributed by atoms with Crippen molar-refractivity contribution in [3.63, 3.8) is 0 Å². The Labute approximate surface area is 123 Å². The van der Waals surface area contributed by atoms with Crippen molar-refractivity contribution in [2.45, 2.75) is 12.5 Å². The van der Waals surface area contributed by atoms with E-state index >= 15 is 0 Å². The number of rotatable bonds is 1. The molecule has 0 bridgehead atoms. The largest absolute Gasteiger partial charge is 0.366 e. The fourth-order valence-corrected chi connectivity index (χ4v) is 3.51. The smallest absolute Gasteiger partial charge is 0.179 e. The zero-order valence-corrected chi connectivity index (χ0v) is 12.0. The molecule has 0 aliphatic carbocycles. The van der Waals surface area contributed by atoms with Crippen LogP contribution in [0.1, 0.15) is 22.1 Å². The van der Waals surface area contributed by atoms with E-state index in [0.29, 0.717) is 13.2 Å². The topological polar surface area (TPSA) is 36.3 Å². The Morgan fingerprint density at radius 1 is 1.20 bits per heavy atom. The van der Waals surface area contributed by atoms with E-state index in [1.165, 1.54) is 16.0 Å². The van der Waals surface area contributed by atoms with Crippen molar-refractivity contribution < 1.29 is 4.74 Å². The maximum atomic E-state index is 9.10. The predicted molar refractivity (Wildman–Crippen MR) is 79.4 cm³/mol. The molecule has 102 valence electrons. The number of nitriles is 1. The fraction of sp³-hybridized carbons (Fsp3) is 0.312. The summed E-state index contributed by atoms with van der Waals surface area (Å²) >= 11 is 1.74. The molecule has 3 nitrogen and oxygen atoms in total. The van der Waals surface area contributed by atoms with E-state index in [1.54, 1.807) is 16.2 Å². The molecule has 0 saturated carbocycles. The molecule has 0 saturated heterocycles. The van der Waals surface area contributed by atoms with E-state index in [0.717, 1.165) is 13.0 Å². The third-order valence-electron chi connectivity index (χ3n) is 3.56. The molecule has 4 heteroatoms. The predicted octanol–water partition coefficient (Wildman–Crippen LogP) is 3.19. The first-order chi connectivity index (χ1) is 9.88. The Hall–Kier alpha value is -1.83. The van der Waals surface area contributed by atoms with Crippen LogP contribution >= 0.6 is 11.3 Å². The summed E-state index contributed by atoms with van der Waals surface area (Å²) in [4.78, 5) is 3.05. The molecule has 1 aromatic heterocycles. The lowest BCUT2D eigenvalue weighted by atomic mass is 10.0. The maximum absolute atomic E-state index is 9.10. The highest BCUT2D eigenvalue weighted by molar-refractivity contribution is 7.10. The lowest BCUT2D eigenvalue weighted by Crippen LogP contribution is -2.24. The number of nitrogens with zero attached hydrogens (tertiary/aromatic N) is 2. The summed E-state index contributed by atoms with van der Waals surface area (Å²) in [7, 11) is 0. The lowest BCUT2D eigenvalue weighted by Gasteiger charge is -2.18. The van der Waals surface area contributed by atoms with E-state index in [-0.39, 0.29) is 6.10 Å². The molecule has 2 aromatic rings. The molecular weight excluding hydrogens is 268 g/mol. The molecule has 0 spiro atoms. The number of ether oxygens (including phenoxy) is 1. The van der Waals surface area contributed by atoms with Gasteiger partial charge in [-0.2, -0.15) is 5.26 Å².